The number of Topliss-reactive ketones (excluding diaryl/α,β-unsaturated/α-hetero) is 1. The second-order valence-electron chi connectivity index (χ2n) is 2.99. The summed E-state index contributed by atoms with van der Waals surface area (Å²) in [6.45, 7) is 0. The third-order valence-corrected chi connectivity index (χ3v) is 1.99. The van der Waals surface area contributed by atoms with Crippen LogP contribution < -0.4 is 0 Å². The van der Waals surface area contributed by atoms with E-state index < -0.39 is 37.3 Å². The van der Waals surface area contributed by atoms with Crippen LogP contribution in [0.2, 0.25) is 0 Å². The topological polar surface area (TPSA) is 17.1 Å². The monoisotopic (exact) mass is 179 g/mol. The van der Waals surface area contributed by atoms with Crippen molar-refractivity contribution in [2.45, 2.75) is 31.5 Å². The van der Waals surface area contributed by atoms with E-state index in [1.165, 1.54) is 0 Å². The van der Waals surface area contributed by atoms with Crippen molar-refractivity contribution in [3.63, 3.8) is 0 Å². The van der Waals surface area contributed by atoms with Crippen molar-refractivity contribution in [1.82, 2.24) is 0 Å². The zero-order chi connectivity index (χ0) is 13.6. The van der Waals surface area contributed by atoms with Crippen LogP contribution in [0.4, 0.5) is 0 Å². The van der Waals surface area contributed by atoms with Crippen LogP contribution in [0.5, 0.6) is 0 Å². The number of ketones is 1. The van der Waals surface area contributed by atoms with Crippen molar-refractivity contribution >= 4 is 5.78 Å². The zero-order valence-electron chi connectivity index (χ0n) is 12.2. The molecule has 0 aliphatic heterocycles. The summed E-state index contributed by atoms with van der Waals surface area (Å²) in [5, 5.41) is 0. The normalized spacial score (nSPS) is 34.8. The van der Waals surface area contributed by atoms with Crippen LogP contribution in [-0.2, 0) is 4.79 Å². The maximum atomic E-state index is 11.5. The van der Waals surface area contributed by atoms with Crippen molar-refractivity contribution in [2.24, 2.45) is 0 Å². The van der Waals surface area contributed by atoms with E-state index in [0.29, 0.717) is 0 Å². The lowest BCUT2D eigenvalue weighted by Crippen LogP contribution is -2.12. The Morgan fingerprint density at radius 1 is 1.23 bits per heavy atom. The molecule has 0 aromatic heterocycles. The summed E-state index contributed by atoms with van der Waals surface area (Å²) in [6, 6.07) is 8.10. The summed E-state index contributed by atoms with van der Waals surface area (Å²) in [5.74, 6) is -2.53. The average Bonchev–Trinajstić information content (AvgIpc) is 2.25. The van der Waals surface area contributed by atoms with E-state index in [-0.39, 0.29) is 5.56 Å². The standard InChI is InChI=1S/C12H14O/c13-12-8-6-11(7-9-12)10-4-2-1-3-5-10/h1-5,11H,6-9H2/i6D2,7D2,11D. The van der Waals surface area contributed by atoms with Crippen LogP contribution in [0.1, 0.15) is 43.9 Å². The van der Waals surface area contributed by atoms with E-state index in [2.05, 4.69) is 0 Å². The van der Waals surface area contributed by atoms with Gasteiger partial charge in [-0.2, -0.15) is 0 Å². The Labute approximate surface area is 85.8 Å². The van der Waals surface area contributed by atoms with E-state index in [1.807, 2.05) is 0 Å². The van der Waals surface area contributed by atoms with Gasteiger partial charge in [0.15, 0.2) is 0 Å². The summed E-state index contributed by atoms with van der Waals surface area (Å²) in [4.78, 5) is 11.5. The molecule has 1 aromatic carbocycles. The molecule has 13 heavy (non-hydrogen) atoms. The smallest absolute Gasteiger partial charge is 0.132 e. The van der Waals surface area contributed by atoms with Crippen LogP contribution in [0.15, 0.2) is 30.3 Å². The van der Waals surface area contributed by atoms with Gasteiger partial charge in [-0.05, 0) is 24.2 Å². The molecule has 1 heteroatoms. The minimum Gasteiger partial charge on any atom is -0.300 e. The molecule has 0 heterocycles. The molecule has 68 valence electrons. The van der Waals surface area contributed by atoms with Gasteiger partial charge in [0.2, 0.25) is 0 Å². The Morgan fingerprint density at radius 2 is 1.85 bits per heavy atom. The second-order valence-corrected chi connectivity index (χ2v) is 2.99. The van der Waals surface area contributed by atoms with Gasteiger partial charge in [-0.3, -0.25) is 4.79 Å². The largest absolute Gasteiger partial charge is 0.300 e. The Bertz CT molecular complexity index is 449. The summed E-state index contributed by atoms with van der Waals surface area (Å²) >= 11 is 0. The molecule has 1 nitrogen and oxygen atoms in total. The fourth-order valence-electron chi connectivity index (χ4n) is 1.31. The number of rotatable bonds is 1. The van der Waals surface area contributed by atoms with Gasteiger partial charge < -0.3 is 0 Å². The lowest BCUT2D eigenvalue weighted by atomic mass is 9.84. The highest BCUT2D eigenvalue weighted by molar-refractivity contribution is 5.79. The highest BCUT2D eigenvalue weighted by Gasteiger charge is 2.19. The maximum Gasteiger partial charge on any atom is 0.132 e. The van der Waals surface area contributed by atoms with Crippen LogP contribution in [0, 0.1) is 0 Å². The Hall–Kier alpha value is -1.11. The Morgan fingerprint density at radius 3 is 2.46 bits per heavy atom. The quantitative estimate of drug-likeness (QED) is 0.648. The minimum atomic E-state index is -2.22. The molecule has 2 rings (SSSR count). The molecule has 0 bridgehead atoms. The highest BCUT2D eigenvalue weighted by Crippen LogP contribution is 2.30. The van der Waals surface area contributed by atoms with E-state index in [1.54, 1.807) is 30.3 Å². The molecule has 0 N–H and O–H groups in total. The molecule has 1 aliphatic carbocycles. The van der Waals surface area contributed by atoms with Crippen molar-refractivity contribution in [3.8, 4) is 0 Å². The summed E-state index contributed by atoms with van der Waals surface area (Å²) in [5.41, 5.74) is 0.271. The minimum absolute atomic E-state index is 0.271. The Kier molecular flexibility index (Phi) is 1.27. The predicted octanol–water partition coefficient (Wildman–Crippen LogP) is 2.91. The average molecular weight is 179 g/mol. The second kappa shape index (κ2) is 3.73. The fourth-order valence-corrected chi connectivity index (χ4v) is 1.31. The molecule has 0 radical (unpaired) electrons. The third-order valence-electron chi connectivity index (χ3n) is 1.99. The van der Waals surface area contributed by atoms with Gasteiger partial charge in [0, 0.05) is 19.7 Å². The van der Waals surface area contributed by atoms with Gasteiger partial charge in [-0.15, -0.1) is 0 Å². The molecule has 0 amide bonds. The molecule has 0 unspecified atom stereocenters. The van der Waals surface area contributed by atoms with Crippen LogP contribution >= 0.6 is 0 Å². The van der Waals surface area contributed by atoms with Crippen molar-refractivity contribution < 1.29 is 11.6 Å². The molecule has 0 spiro atoms. The SMILES string of the molecule is [2H]C1([2H])CC(=O)CC([2H])([2H])C1([2H])c1ccccc1. The van der Waals surface area contributed by atoms with Crippen LogP contribution in [-0.4, -0.2) is 5.78 Å². The van der Waals surface area contributed by atoms with Gasteiger partial charge >= 0.3 is 0 Å². The van der Waals surface area contributed by atoms with Gasteiger partial charge in [0.05, 0.1) is 0 Å². The Balaban J connectivity index is 2.61. The van der Waals surface area contributed by atoms with Crippen LogP contribution in [0.3, 0.4) is 0 Å². The van der Waals surface area contributed by atoms with Gasteiger partial charge in [-0.25, -0.2) is 0 Å². The van der Waals surface area contributed by atoms with Crippen LogP contribution in [0.25, 0.3) is 0 Å². The number of carbonyl (C=O) groups is 1. The van der Waals surface area contributed by atoms with Gasteiger partial charge in [0.1, 0.15) is 5.78 Å². The first-order chi connectivity index (χ1) is 8.21. The number of benzene rings is 1. The van der Waals surface area contributed by atoms with Crippen molar-refractivity contribution in [1.29, 1.82) is 0 Å². The first-order valence-corrected chi connectivity index (χ1v) is 4.28. The first-order valence-electron chi connectivity index (χ1n) is 6.78. The molecule has 1 aliphatic rings. The molecule has 0 atom stereocenters. The number of carbonyl (C=O) groups excluding carboxylic acids is 1. The molecule has 1 aromatic rings. The summed E-state index contributed by atoms with van der Waals surface area (Å²) in [7, 11) is 0. The maximum absolute atomic E-state index is 11.5. The molecular formula is C12H14O. The van der Waals surface area contributed by atoms with Crippen molar-refractivity contribution in [2.75, 3.05) is 0 Å². The van der Waals surface area contributed by atoms with Crippen molar-refractivity contribution in [3.05, 3.63) is 35.9 Å². The predicted molar refractivity (Wildman–Crippen MR) is 52.7 cm³/mol. The van der Waals surface area contributed by atoms with Gasteiger partial charge in [0.25, 0.3) is 0 Å². The van der Waals surface area contributed by atoms with E-state index in [9.17, 15) is 4.79 Å². The third kappa shape index (κ3) is 1.97. The number of hydrogen-bond donors (Lipinski definition) is 0. The molecule has 1 saturated carbocycles. The number of hydrogen-bond acceptors (Lipinski definition) is 1. The molecule has 0 saturated heterocycles. The van der Waals surface area contributed by atoms with Gasteiger partial charge in [-0.1, -0.05) is 30.3 Å². The first kappa shape index (κ1) is 4.41. The van der Waals surface area contributed by atoms with E-state index in [4.69, 9.17) is 6.85 Å². The highest BCUT2D eigenvalue weighted by atomic mass is 16.1. The molecule has 1 fully saturated rings. The zero-order valence-corrected chi connectivity index (χ0v) is 7.21. The summed E-state index contributed by atoms with van der Waals surface area (Å²) < 4.78 is 40.0. The fraction of sp³-hybridized carbons (Fsp3) is 0.417. The molecular weight excluding hydrogens is 160 g/mol. The van der Waals surface area contributed by atoms with E-state index in [0.717, 1.165) is 0 Å². The lowest BCUT2D eigenvalue weighted by molar-refractivity contribution is -0.120. The van der Waals surface area contributed by atoms with E-state index >= 15 is 0 Å². The lowest BCUT2D eigenvalue weighted by Gasteiger charge is -2.20. The summed E-state index contributed by atoms with van der Waals surface area (Å²) in [6.07, 6.45) is -5.25.